The first kappa shape index (κ1) is 14.4. The Morgan fingerprint density at radius 3 is 2.52 bits per heavy atom. The lowest BCUT2D eigenvalue weighted by molar-refractivity contribution is 0.0697. The van der Waals surface area contributed by atoms with Crippen LogP contribution in [0.25, 0.3) is 0 Å². The van der Waals surface area contributed by atoms with Crippen molar-refractivity contribution in [1.82, 2.24) is 9.13 Å². The van der Waals surface area contributed by atoms with Gasteiger partial charge in [-0.1, -0.05) is 18.2 Å². The molecular weight excluding hydrogens is 274 g/mol. The monoisotopic (exact) mass is 287 g/mol. The second kappa shape index (κ2) is 5.58. The summed E-state index contributed by atoms with van der Waals surface area (Å²) >= 11 is 0. The fraction of sp³-hybridized carbons (Fsp3) is 0.143. The van der Waals surface area contributed by atoms with Crippen LogP contribution in [0.4, 0.5) is 5.82 Å². The number of nitrogens with zero attached hydrogens (tertiary/aromatic N) is 3. The number of rotatable bonds is 3. The SMILES string of the molecule is Cn1c(/N=C/c2ccccc2C(=O)O)cc(=O)n(C)c1=O. The lowest BCUT2D eigenvalue weighted by Crippen LogP contribution is -2.35. The molecule has 0 fully saturated rings. The summed E-state index contributed by atoms with van der Waals surface area (Å²) in [4.78, 5) is 38.5. The molecule has 0 aliphatic heterocycles. The molecule has 0 saturated heterocycles. The fourth-order valence-corrected chi connectivity index (χ4v) is 1.79. The van der Waals surface area contributed by atoms with Gasteiger partial charge in [0, 0.05) is 31.9 Å². The number of hydrogen-bond acceptors (Lipinski definition) is 4. The Kier molecular flexibility index (Phi) is 3.84. The highest BCUT2D eigenvalue weighted by atomic mass is 16.4. The number of hydrogen-bond donors (Lipinski definition) is 1. The van der Waals surface area contributed by atoms with Crippen molar-refractivity contribution < 1.29 is 9.90 Å². The van der Waals surface area contributed by atoms with E-state index in [0.717, 1.165) is 4.57 Å². The van der Waals surface area contributed by atoms with Crippen LogP contribution in [0.2, 0.25) is 0 Å². The van der Waals surface area contributed by atoms with Crippen LogP contribution in [0.3, 0.4) is 0 Å². The molecular formula is C14H13N3O4. The fourth-order valence-electron chi connectivity index (χ4n) is 1.79. The average molecular weight is 287 g/mol. The number of carboxylic acid groups (broad SMARTS) is 1. The van der Waals surface area contributed by atoms with E-state index in [-0.39, 0.29) is 11.4 Å². The van der Waals surface area contributed by atoms with Crippen molar-refractivity contribution in [2.45, 2.75) is 0 Å². The first-order valence-electron chi connectivity index (χ1n) is 6.05. The Hall–Kier alpha value is -2.96. The molecule has 0 radical (unpaired) electrons. The number of benzene rings is 1. The van der Waals surface area contributed by atoms with Crippen LogP contribution >= 0.6 is 0 Å². The van der Waals surface area contributed by atoms with Crippen molar-refractivity contribution in [3.8, 4) is 0 Å². The molecule has 0 saturated carbocycles. The van der Waals surface area contributed by atoms with E-state index in [1.54, 1.807) is 18.2 Å². The van der Waals surface area contributed by atoms with Gasteiger partial charge in [0.25, 0.3) is 5.56 Å². The average Bonchev–Trinajstić information content (AvgIpc) is 2.47. The van der Waals surface area contributed by atoms with Gasteiger partial charge in [0.05, 0.1) is 5.56 Å². The number of carboxylic acids is 1. The van der Waals surface area contributed by atoms with E-state index in [1.165, 1.54) is 37.0 Å². The molecule has 1 heterocycles. The minimum Gasteiger partial charge on any atom is -0.478 e. The number of aromatic carboxylic acids is 1. The summed E-state index contributed by atoms with van der Waals surface area (Å²) in [5.41, 5.74) is -0.494. The highest BCUT2D eigenvalue weighted by molar-refractivity contribution is 5.98. The van der Waals surface area contributed by atoms with Gasteiger partial charge in [-0.15, -0.1) is 0 Å². The molecule has 0 spiro atoms. The van der Waals surface area contributed by atoms with E-state index in [0.29, 0.717) is 5.56 Å². The normalized spacial score (nSPS) is 11.0. The first-order chi connectivity index (χ1) is 9.91. The Balaban J connectivity index is 2.51. The molecule has 1 N–H and O–H groups in total. The maximum Gasteiger partial charge on any atom is 0.336 e. The largest absolute Gasteiger partial charge is 0.478 e. The lowest BCUT2D eigenvalue weighted by Gasteiger charge is -2.05. The maximum absolute atomic E-state index is 11.8. The number of carbonyl (C=O) groups is 1. The molecule has 0 aliphatic carbocycles. The van der Waals surface area contributed by atoms with E-state index in [9.17, 15) is 14.4 Å². The van der Waals surface area contributed by atoms with Crippen LogP contribution in [0, 0.1) is 0 Å². The molecule has 0 unspecified atom stereocenters. The zero-order chi connectivity index (χ0) is 15.6. The number of aliphatic imine (C=N–C) groups is 1. The van der Waals surface area contributed by atoms with E-state index in [1.807, 2.05) is 0 Å². The standard InChI is InChI=1S/C14H13N3O4/c1-16-11(7-12(18)17(2)14(16)21)15-8-9-5-3-4-6-10(9)13(19)20/h3-8H,1-2H3,(H,19,20)/b15-8+. The van der Waals surface area contributed by atoms with Crippen LogP contribution in [0.15, 0.2) is 44.9 Å². The Bertz CT molecular complexity index is 846. The molecule has 0 aliphatic rings. The third-order valence-corrected chi connectivity index (χ3v) is 3.03. The molecule has 108 valence electrons. The van der Waals surface area contributed by atoms with Crippen LogP contribution in [-0.4, -0.2) is 26.4 Å². The van der Waals surface area contributed by atoms with Gasteiger partial charge in [-0.05, 0) is 6.07 Å². The Morgan fingerprint density at radius 1 is 1.19 bits per heavy atom. The third-order valence-electron chi connectivity index (χ3n) is 3.03. The molecule has 0 atom stereocenters. The topological polar surface area (TPSA) is 93.7 Å². The summed E-state index contributed by atoms with van der Waals surface area (Å²) in [5, 5.41) is 9.07. The highest BCUT2D eigenvalue weighted by Gasteiger charge is 2.08. The summed E-state index contributed by atoms with van der Waals surface area (Å²) in [6.45, 7) is 0. The summed E-state index contributed by atoms with van der Waals surface area (Å²) < 4.78 is 2.17. The molecule has 1 aromatic carbocycles. The van der Waals surface area contributed by atoms with Gasteiger partial charge in [-0.25, -0.2) is 14.6 Å². The molecule has 2 aromatic rings. The minimum atomic E-state index is -1.07. The lowest BCUT2D eigenvalue weighted by atomic mass is 10.1. The highest BCUT2D eigenvalue weighted by Crippen LogP contribution is 2.09. The third kappa shape index (κ3) is 2.81. The second-order valence-electron chi connectivity index (χ2n) is 4.39. The van der Waals surface area contributed by atoms with Gasteiger partial charge in [0.15, 0.2) is 0 Å². The van der Waals surface area contributed by atoms with Crippen molar-refractivity contribution in [2.75, 3.05) is 0 Å². The van der Waals surface area contributed by atoms with Gasteiger partial charge in [0.1, 0.15) is 5.82 Å². The van der Waals surface area contributed by atoms with Crippen molar-refractivity contribution in [2.24, 2.45) is 19.1 Å². The zero-order valence-corrected chi connectivity index (χ0v) is 11.5. The molecule has 7 heteroatoms. The van der Waals surface area contributed by atoms with Gasteiger partial charge < -0.3 is 5.11 Å². The predicted molar refractivity (Wildman–Crippen MR) is 77.6 cm³/mol. The van der Waals surface area contributed by atoms with E-state index in [2.05, 4.69) is 4.99 Å². The van der Waals surface area contributed by atoms with Gasteiger partial charge in [-0.2, -0.15) is 0 Å². The first-order valence-corrected chi connectivity index (χ1v) is 6.05. The molecule has 2 rings (SSSR count). The van der Waals surface area contributed by atoms with Crippen LogP contribution in [-0.2, 0) is 14.1 Å². The predicted octanol–water partition coefficient (Wildman–Crippen LogP) is 0.533. The second-order valence-corrected chi connectivity index (χ2v) is 4.39. The molecule has 7 nitrogen and oxygen atoms in total. The van der Waals surface area contributed by atoms with Crippen molar-refractivity contribution >= 4 is 18.0 Å². The summed E-state index contributed by atoms with van der Waals surface area (Å²) in [5.74, 6) is -0.918. The zero-order valence-electron chi connectivity index (χ0n) is 11.5. The van der Waals surface area contributed by atoms with E-state index in [4.69, 9.17) is 5.11 Å². The van der Waals surface area contributed by atoms with Crippen molar-refractivity contribution in [3.05, 3.63) is 62.3 Å². The van der Waals surface area contributed by atoms with Gasteiger partial charge in [0.2, 0.25) is 0 Å². The van der Waals surface area contributed by atoms with E-state index >= 15 is 0 Å². The van der Waals surface area contributed by atoms with Crippen LogP contribution in [0.5, 0.6) is 0 Å². The Morgan fingerprint density at radius 2 is 1.86 bits per heavy atom. The minimum absolute atomic E-state index is 0.0927. The summed E-state index contributed by atoms with van der Waals surface area (Å²) in [7, 11) is 2.86. The van der Waals surface area contributed by atoms with Gasteiger partial charge >= 0.3 is 11.7 Å². The van der Waals surface area contributed by atoms with Crippen LogP contribution in [0.1, 0.15) is 15.9 Å². The van der Waals surface area contributed by atoms with Gasteiger partial charge in [-0.3, -0.25) is 13.9 Å². The molecule has 0 amide bonds. The molecule has 0 bridgehead atoms. The smallest absolute Gasteiger partial charge is 0.336 e. The van der Waals surface area contributed by atoms with Crippen molar-refractivity contribution in [3.63, 3.8) is 0 Å². The number of aromatic nitrogens is 2. The maximum atomic E-state index is 11.8. The van der Waals surface area contributed by atoms with E-state index < -0.39 is 17.2 Å². The molecule has 1 aromatic heterocycles. The Labute approximate surface area is 119 Å². The van der Waals surface area contributed by atoms with Crippen molar-refractivity contribution in [1.29, 1.82) is 0 Å². The summed E-state index contributed by atoms with van der Waals surface area (Å²) in [6.07, 6.45) is 1.32. The van der Waals surface area contributed by atoms with Crippen LogP contribution < -0.4 is 11.2 Å². The molecule has 21 heavy (non-hydrogen) atoms. The quantitative estimate of drug-likeness (QED) is 0.833. The summed E-state index contributed by atoms with van der Waals surface area (Å²) in [6, 6.07) is 7.53.